The van der Waals surface area contributed by atoms with Gasteiger partial charge in [0.25, 0.3) is 0 Å². The highest BCUT2D eigenvalue weighted by Gasteiger charge is 2.01. The lowest BCUT2D eigenvalue weighted by molar-refractivity contribution is 1.40. The zero-order valence-corrected chi connectivity index (χ0v) is 11.4. The predicted molar refractivity (Wildman–Crippen MR) is 83.2 cm³/mol. The van der Waals surface area contributed by atoms with Gasteiger partial charge in [-0.15, -0.1) is 11.8 Å². The Morgan fingerprint density at radius 2 is 1.74 bits per heavy atom. The summed E-state index contributed by atoms with van der Waals surface area (Å²) in [5, 5.41) is 4.59. The van der Waals surface area contributed by atoms with Gasteiger partial charge in [0.1, 0.15) is 0 Å². The maximum absolute atomic E-state index is 4.37. The van der Waals surface area contributed by atoms with Crippen LogP contribution in [0.1, 0.15) is 0 Å². The van der Waals surface area contributed by atoms with Crippen molar-refractivity contribution in [3.63, 3.8) is 0 Å². The Morgan fingerprint density at radius 1 is 0.947 bits per heavy atom. The van der Waals surface area contributed by atoms with Crippen LogP contribution in [0.3, 0.4) is 0 Å². The molecule has 94 valence electrons. The molecule has 0 radical (unpaired) electrons. The quantitative estimate of drug-likeness (QED) is 0.695. The number of nitrogens with zero attached hydrogens (tertiary/aromatic N) is 1. The molecule has 0 unspecified atom stereocenters. The number of aromatic nitrogens is 1. The molecule has 3 heteroatoms. The van der Waals surface area contributed by atoms with E-state index in [0.717, 1.165) is 22.3 Å². The van der Waals surface area contributed by atoms with E-state index in [0.29, 0.717) is 0 Å². The number of hydrogen-bond donors (Lipinski definition) is 1. The van der Waals surface area contributed by atoms with E-state index < -0.39 is 0 Å². The van der Waals surface area contributed by atoms with Crippen molar-refractivity contribution < 1.29 is 0 Å². The molecular formula is C16H14N2S. The van der Waals surface area contributed by atoms with Crippen molar-refractivity contribution in [3.8, 4) is 0 Å². The maximum atomic E-state index is 4.37. The second-order valence-electron chi connectivity index (χ2n) is 4.23. The van der Waals surface area contributed by atoms with Crippen LogP contribution in [0.25, 0.3) is 10.9 Å². The van der Waals surface area contributed by atoms with Gasteiger partial charge in [0, 0.05) is 27.9 Å². The van der Waals surface area contributed by atoms with Crippen molar-refractivity contribution >= 4 is 34.0 Å². The van der Waals surface area contributed by atoms with E-state index in [9.17, 15) is 0 Å². The molecule has 0 atom stereocenters. The number of pyridine rings is 1. The number of para-hydroxylation sites is 1. The standard InChI is InChI=1S/C16H14N2S/c1-19-13-8-6-12(7-9-13)18-16-10-11-17-15-5-3-2-4-14(15)16/h2-11H,1H3,(H,17,18). The molecule has 1 heterocycles. The van der Waals surface area contributed by atoms with Gasteiger partial charge in [-0.2, -0.15) is 0 Å². The van der Waals surface area contributed by atoms with E-state index >= 15 is 0 Å². The van der Waals surface area contributed by atoms with Crippen molar-refractivity contribution in [2.24, 2.45) is 0 Å². The van der Waals surface area contributed by atoms with Crippen LogP contribution in [0.2, 0.25) is 0 Å². The first-order chi connectivity index (χ1) is 9.36. The topological polar surface area (TPSA) is 24.9 Å². The van der Waals surface area contributed by atoms with E-state index in [1.54, 1.807) is 11.8 Å². The van der Waals surface area contributed by atoms with E-state index in [4.69, 9.17) is 0 Å². The summed E-state index contributed by atoms with van der Waals surface area (Å²) in [5.74, 6) is 0. The number of nitrogens with one attached hydrogen (secondary N) is 1. The highest BCUT2D eigenvalue weighted by Crippen LogP contribution is 2.26. The molecular weight excluding hydrogens is 252 g/mol. The Balaban J connectivity index is 1.96. The van der Waals surface area contributed by atoms with Crippen molar-refractivity contribution in [1.82, 2.24) is 4.98 Å². The Hall–Kier alpha value is -2.00. The summed E-state index contributed by atoms with van der Waals surface area (Å²) >= 11 is 1.75. The third-order valence-corrected chi connectivity index (χ3v) is 3.76. The highest BCUT2D eigenvalue weighted by atomic mass is 32.2. The van der Waals surface area contributed by atoms with Crippen LogP contribution in [0.15, 0.2) is 65.7 Å². The number of thioether (sulfide) groups is 1. The molecule has 0 aliphatic heterocycles. The van der Waals surface area contributed by atoms with Gasteiger partial charge in [0.15, 0.2) is 0 Å². The molecule has 0 aliphatic rings. The molecule has 2 nitrogen and oxygen atoms in total. The fraction of sp³-hybridized carbons (Fsp3) is 0.0625. The molecule has 0 fully saturated rings. The number of benzene rings is 2. The number of anilines is 2. The zero-order valence-electron chi connectivity index (χ0n) is 10.6. The first-order valence-corrected chi connectivity index (χ1v) is 7.34. The Labute approximate surface area is 116 Å². The van der Waals surface area contributed by atoms with Gasteiger partial charge in [0.05, 0.1) is 5.52 Å². The lowest BCUT2D eigenvalue weighted by atomic mass is 10.2. The van der Waals surface area contributed by atoms with Crippen molar-refractivity contribution in [2.45, 2.75) is 4.90 Å². The first kappa shape index (κ1) is 12.1. The van der Waals surface area contributed by atoms with Crippen LogP contribution in [0.4, 0.5) is 11.4 Å². The van der Waals surface area contributed by atoms with E-state index in [-0.39, 0.29) is 0 Å². The minimum Gasteiger partial charge on any atom is -0.355 e. The number of rotatable bonds is 3. The van der Waals surface area contributed by atoms with Gasteiger partial charge < -0.3 is 5.32 Å². The largest absolute Gasteiger partial charge is 0.355 e. The molecule has 0 amide bonds. The van der Waals surface area contributed by atoms with Crippen LogP contribution in [0, 0.1) is 0 Å². The summed E-state index contributed by atoms with van der Waals surface area (Å²) in [6, 6.07) is 18.6. The molecule has 2 aromatic carbocycles. The number of fused-ring (bicyclic) bond motifs is 1. The summed E-state index contributed by atoms with van der Waals surface area (Å²) in [6.07, 6.45) is 3.92. The van der Waals surface area contributed by atoms with Crippen molar-refractivity contribution in [2.75, 3.05) is 11.6 Å². The normalized spacial score (nSPS) is 10.6. The summed E-state index contributed by atoms with van der Waals surface area (Å²) in [5.41, 5.74) is 3.19. The Morgan fingerprint density at radius 3 is 2.53 bits per heavy atom. The summed E-state index contributed by atoms with van der Waals surface area (Å²) in [7, 11) is 0. The molecule has 0 saturated carbocycles. The van der Waals surface area contributed by atoms with Crippen molar-refractivity contribution in [3.05, 3.63) is 60.8 Å². The van der Waals surface area contributed by atoms with Gasteiger partial charge in [-0.3, -0.25) is 4.98 Å². The van der Waals surface area contributed by atoms with Gasteiger partial charge >= 0.3 is 0 Å². The third kappa shape index (κ3) is 2.56. The van der Waals surface area contributed by atoms with Crippen LogP contribution >= 0.6 is 11.8 Å². The molecule has 1 N–H and O–H groups in total. The molecule has 0 bridgehead atoms. The molecule has 0 aliphatic carbocycles. The van der Waals surface area contributed by atoms with Crippen LogP contribution < -0.4 is 5.32 Å². The summed E-state index contributed by atoms with van der Waals surface area (Å²) in [6.45, 7) is 0. The molecule has 3 aromatic rings. The third-order valence-electron chi connectivity index (χ3n) is 3.02. The molecule has 1 aromatic heterocycles. The SMILES string of the molecule is CSc1ccc(Nc2ccnc3ccccc23)cc1. The van der Waals surface area contributed by atoms with Gasteiger partial charge in [-0.25, -0.2) is 0 Å². The fourth-order valence-electron chi connectivity index (χ4n) is 2.03. The molecule has 0 saturated heterocycles. The van der Waals surface area contributed by atoms with Gasteiger partial charge in [-0.1, -0.05) is 18.2 Å². The average molecular weight is 266 g/mol. The fourth-order valence-corrected chi connectivity index (χ4v) is 2.44. The monoisotopic (exact) mass is 266 g/mol. The van der Waals surface area contributed by atoms with Gasteiger partial charge in [0.2, 0.25) is 0 Å². The zero-order chi connectivity index (χ0) is 13.1. The number of hydrogen-bond acceptors (Lipinski definition) is 3. The van der Waals surface area contributed by atoms with E-state index in [1.807, 2.05) is 30.5 Å². The second kappa shape index (κ2) is 5.33. The lowest BCUT2D eigenvalue weighted by Crippen LogP contribution is -1.92. The average Bonchev–Trinajstić information content (AvgIpc) is 2.48. The van der Waals surface area contributed by atoms with E-state index in [1.165, 1.54) is 4.90 Å². The minimum atomic E-state index is 1.01. The summed E-state index contributed by atoms with van der Waals surface area (Å²) < 4.78 is 0. The van der Waals surface area contributed by atoms with Crippen LogP contribution in [-0.2, 0) is 0 Å². The van der Waals surface area contributed by atoms with Crippen LogP contribution in [0.5, 0.6) is 0 Å². The Bertz CT molecular complexity index is 687. The Kier molecular flexibility index (Phi) is 3.38. The van der Waals surface area contributed by atoms with E-state index in [2.05, 4.69) is 46.9 Å². The lowest BCUT2D eigenvalue weighted by Gasteiger charge is -2.09. The van der Waals surface area contributed by atoms with Crippen molar-refractivity contribution in [1.29, 1.82) is 0 Å². The summed E-state index contributed by atoms with van der Waals surface area (Å²) in [4.78, 5) is 5.64. The highest BCUT2D eigenvalue weighted by molar-refractivity contribution is 7.98. The predicted octanol–water partition coefficient (Wildman–Crippen LogP) is 4.70. The molecule has 3 rings (SSSR count). The maximum Gasteiger partial charge on any atom is 0.0722 e. The molecule has 19 heavy (non-hydrogen) atoms. The second-order valence-corrected chi connectivity index (χ2v) is 5.11. The molecule has 0 spiro atoms. The smallest absolute Gasteiger partial charge is 0.0722 e. The van der Waals surface area contributed by atoms with Crippen LogP contribution in [-0.4, -0.2) is 11.2 Å². The van der Waals surface area contributed by atoms with Gasteiger partial charge in [-0.05, 0) is 42.7 Å². The first-order valence-electron chi connectivity index (χ1n) is 6.11. The minimum absolute atomic E-state index is 1.01.